The first-order chi connectivity index (χ1) is 12.3. The Hall–Kier alpha value is -2.29. The second-order valence-electron chi connectivity index (χ2n) is 7.30. The van der Waals surface area contributed by atoms with E-state index in [0.717, 1.165) is 38.0 Å². The van der Waals surface area contributed by atoms with Crippen LogP contribution < -0.4 is 10.1 Å². The summed E-state index contributed by atoms with van der Waals surface area (Å²) in [6.07, 6.45) is 7.05. The van der Waals surface area contributed by atoms with Gasteiger partial charge in [0, 0.05) is 18.0 Å². The van der Waals surface area contributed by atoms with Gasteiger partial charge in [-0.05, 0) is 54.0 Å². The fourth-order valence-electron chi connectivity index (χ4n) is 4.05. The van der Waals surface area contributed by atoms with E-state index < -0.39 is 0 Å². The molecule has 0 aromatic heterocycles. The van der Waals surface area contributed by atoms with E-state index in [1.807, 2.05) is 0 Å². The van der Waals surface area contributed by atoms with Gasteiger partial charge in [-0.25, -0.2) is 0 Å². The van der Waals surface area contributed by atoms with Crippen molar-refractivity contribution in [1.29, 1.82) is 0 Å². The van der Waals surface area contributed by atoms with E-state index in [1.54, 1.807) is 6.08 Å². The topological polar surface area (TPSA) is 38.3 Å². The van der Waals surface area contributed by atoms with Crippen LogP contribution in [0, 0.1) is 11.8 Å². The minimum atomic E-state index is 0.242. The Balaban J connectivity index is 1.56. The van der Waals surface area contributed by atoms with Crippen LogP contribution in [0.2, 0.25) is 0 Å². The highest BCUT2D eigenvalue weighted by molar-refractivity contribution is 5.91. The zero-order valence-electron chi connectivity index (χ0n) is 14.6. The normalized spacial score (nSPS) is 19.3. The lowest BCUT2D eigenvalue weighted by molar-refractivity contribution is -0.127. The van der Waals surface area contributed by atoms with Crippen LogP contribution in [0.25, 0.3) is 10.8 Å². The Bertz CT molecular complexity index is 807. The summed E-state index contributed by atoms with van der Waals surface area (Å²) in [5.74, 6) is 1.88. The molecule has 2 aromatic carbocycles. The molecule has 2 aliphatic carbocycles. The van der Waals surface area contributed by atoms with E-state index in [1.165, 1.54) is 28.3 Å². The van der Waals surface area contributed by atoms with Gasteiger partial charge in [0.2, 0.25) is 5.91 Å². The highest BCUT2D eigenvalue weighted by Gasteiger charge is 2.27. The molecule has 3 heteroatoms. The zero-order valence-corrected chi connectivity index (χ0v) is 14.6. The van der Waals surface area contributed by atoms with Gasteiger partial charge in [0.25, 0.3) is 0 Å². The smallest absolute Gasteiger partial charge is 0.223 e. The molecule has 4 rings (SSSR count). The van der Waals surface area contributed by atoms with Crippen LogP contribution in [0.4, 0.5) is 0 Å². The van der Waals surface area contributed by atoms with Crippen molar-refractivity contribution >= 4 is 16.7 Å². The van der Waals surface area contributed by atoms with Gasteiger partial charge < -0.3 is 10.1 Å². The predicted molar refractivity (Wildman–Crippen MR) is 101 cm³/mol. The first kappa shape index (κ1) is 16.2. The van der Waals surface area contributed by atoms with E-state index in [0.29, 0.717) is 12.5 Å². The minimum Gasteiger partial charge on any atom is -0.489 e. The number of hydrogen-bond acceptors (Lipinski definition) is 2. The summed E-state index contributed by atoms with van der Waals surface area (Å²) in [4.78, 5) is 12.2. The average molecular weight is 335 g/mol. The third-order valence-corrected chi connectivity index (χ3v) is 5.60. The summed E-state index contributed by atoms with van der Waals surface area (Å²) in [6.45, 7) is 5.02. The molecule has 1 N–H and O–H groups in total. The van der Waals surface area contributed by atoms with E-state index in [4.69, 9.17) is 4.74 Å². The van der Waals surface area contributed by atoms with Gasteiger partial charge in [0.15, 0.2) is 0 Å². The molecule has 2 aliphatic rings. The number of carbonyl (C=O) groups excluding carboxylic acids is 1. The van der Waals surface area contributed by atoms with Crippen molar-refractivity contribution in [3.05, 3.63) is 54.1 Å². The molecule has 25 heavy (non-hydrogen) atoms. The van der Waals surface area contributed by atoms with Crippen molar-refractivity contribution in [1.82, 2.24) is 5.32 Å². The summed E-state index contributed by atoms with van der Waals surface area (Å²) in [5.41, 5.74) is 2.65. The fraction of sp³-hybridized carbons (Fsp3) is 0.409. The van der Waals surface area contributed by atoms with Gasteiger partial charge in [-0.15, -0.1) is 0 Å². The largest absolute Gasteiger partial charge is 0.489 e. The number of nitrogens with one attached hydrogen (secondary N) is 1. The molecular formula is C22H25NO2. The zero-order chi connectivity index (χ0) is 17.2. The molecule has 3 nitrogen and oxygen atoms in total. The van der Waals surface area contributed by atoms with Crippen LogP contribution >= 0.6 is 0 Å². The molecule has 0 aliphatic heterocycles. The lowest BCUT2D eigenvalue weighted by Crippen LogP contribution is -2.38. The fourth-order valence-corrected chi connectivity index (χ4v) is 4.05. The average Bonchev–Trinajstić information content (AvgIpc) is 2.58. The second-order valence-corrected chi connectivity index (χ2v) is 7.30. The number of benzene rings is 2. The van der Waals surface area contributed by atoms with E-state index in [2.05, 4.69) is 42.2 Å². The summed E-state index contributed by atoms with van der Waals surface area (Å²) < 4.78 is 5.91. The van der Waals surface area contributed by atoms with E-state index in [-0.39, 0.29) is 11.8 Å². The highest BCUT2D eigenvalue weighted by Crippen LogP contribution is 2.37. The number of rotatable bonds is 6. The molecule has 1 atom stereocenters. The van der Waals surface area contributed by atoms with Gasteiger partial charge in [0.1, 0.15) is 12.4 Å². The summed E-state index contributed by atoms with van der Waals surface area (Å²) in [7, 11) is 0. The third-order valence-electron chi connectivity index (χ3n) is 5.60. The molecule has 130 valence electrons. The molecule has 0 radical (unpaired) electrons. The maximum atomic E-state index is 12.2. The van der Waals surface area contributed by atoms with E-state index >= 15 is 0 Å². The van der Waals surface area contributed by atoms with Gasteiger partial charge in [-0.3, -0.25) is 4.79 Å². The van der Waals surface area contributed by atoms with Crippen LogP contribution in [0.3, 0.4) is 0 Å². The van der Waals surface area contributed by atoms with Crippen molar-refractivity contribution in [2.24, 2.45) is 11.8 Å². The van der Waals surface area contributed by atoms with Crippen molar-refractivity contribution in [3.8, 4) is 5.75 Å². The number of ether oxygens (including phenoxy) is 1. The minimum absolute atomic E-state index is 0.242. The number of amides is 1. The highest BCUT2D eigenvalue weighted by atomic mass is 16.5. The van der Waals surface area contributed by atoms with Gasteiger partial charge in [-0.1, -0.05) is 43.3 Å². The number of carbonyl (C=O) groups is 1. The summed E-state index contributed by atoms with van der Waals surface area (Å²) in [5, 5.41) is 5.80. The van der Waals surface area contributed by atoms with Gasteiger partial charge >= 0.3 is 0 Å². The van der Waals surface area contributed by atoms with Gasteiger partial charge in [-0.2, -0.15) is 0 Å². The van der Waals surface area contributed by atoms with Crippen molar-refractivity contribution in [3.63, 3.8) is 0 Å². The molecule has 2 aromatic rings. The quantitative estimate of drug-likeness (QED) is 0.809. The molecular weight excluding hydrogens is 310 g/mol. The Morgan fingerprint density at radius 1 is 1.24 bits per heavy atom. The Labute approximate surface area is 149 Å². The van der Waals surface area contributed by atoms with Crippen LogP contribution in [-0.2, 0) is 17.6 Å². The molecule has 0 spiro atoms. The molecule has 0 bridgehead atoms. The first-order valence-electron chi connectivity index (χ1n) is 9.31. The van der Waals surface area contributed by atoms with Crippen molar-refractivity contribution < 1.29 is 9.53 Å². The third kappa shape index (κ3) is 3.15. The van der Waals surface area contributed by atoms with Crippen LogP contribution in [0.1, 0.15) is 30.4 Å². The monoisotopic (exact) mass is 335 g/mol. The standard InChI is InChI=1S/C22H25NO2/c1-2-11-25-20-10-9-16-5-3-8-18-12-15(13-19(20)21(16)18)14-23-22(24)17-6-4-7-17/h2-3,5,8-10,15,17H,1,4,6-7,11-14H2,(H,23,24). The molecule has 1 fully saturated rings. The molecule has 0 heterocycles. The Morgan fingerprint density at radius 2 is 2.12 bits per heavy atom. The van der Waals surface area contributed by atoms with Gasteiger partial charge in [0.05, 0.1) is 0 Å². The first-order valence-corrected chi connectivity index (χ1v) is 9.31. The van der Waals surface area contributed by atoms with Crippen molar-refractivity contribution in [2.45, 2.75) is 32.1 Å². The Morgan fingerprint density at radius 3 is 2.88 bits per heavy atom. The molecule has 1 amide bonds. The van der Waals surface area contributed by atoms with Crippen LogP contribution in [0.5, 0.6) is 5.75 Å². The molecule has 1 saturated carbocycles. The Kier molecular flexibility index (Phi) is 4.48. The maximum absolute atomic E-state index is 12.2. The summed E-state index contributed by atoms with van der Waals surface area (Å²) >= 11 is 0. The lowest BCUT2D eigenvalue weighted by Gasteiger charge is -2.29. The molecule has 1 unspecified atom stereocenters. The number of hydrogen-bond donors (Lipinski definition) is 1. The predicted octanol–water partition coefficient (Wildman–Crippen LogP) is 4.04. The van der Waals surface area contributed by atoms with E-state index in [9.17, 15) is 4.79 Å². The SMILES string of the molecule is C=CCOc1ccc2cccc3c2c1CC(CNC(=O)C1CCC1)C3. The molecule has 0 saturated heterocycles. The summed E-state index contributed by atoms with van der Waals surface area (Å²) in [6, 6.07) is 10.7. The van der Waals surface area contributed by atoms with Crippen LogP contribution in [-0.4, -0.2) is 19.1 Å². The van der Waals surface area contributed by atoms with Crippen molar-refractivity contribution in [2.75, 3.05) is 13.2 Å². The maximum Gasteiger partial charge on any atom is 0.223 e. The second kappa shape index (κ2) is 6.91. The lowest BCUT2D eigenvalue weighted by atomic mass is 9.81. The van der Waals surface area contributed by atoms with Crippen LogP contribution in [0.15, 0.2) is 43.0 Å².